The fraction of sp³-hybridized carbons (Fsp3) is 0.589. The number of allylic oxidation sites excluding steroid dienone is 20. The van der Waals surface area contributed by atoms with E-state index in [0.29, 0.717) is 19.3 Å². The van der Waals surface area contributed by atoms with E-state index in [1.165, 1.54) is 19.3 Å². The Morgan fingerprint density at radius 2 is 0.938 bits per heavy atom. The minimum Gasteiger partial charge on any atom is -0.477 e. The van der Waals surface area contributed by atoms with E-state index >= 15 is 0 Å². The van der Waals surface area contributed by atoms with Gasteiger partial charge in [-0.15, -0.1) is 0 Å². The summed E-state index contributed by atoms with van der Waals surface area (Å²) in [6.07, 6.45) is 63.8. The number of hydrogen-bond donors (Lipinski definition) is 1. The molecule has 0 fully saturated rings. The first-order valence-corrected chi connectivity index (χ1v) is 24.6. The van der Waals surface area contributed by atoms with E-state index in [2.05, 4.69) is 98.9 Å². The van der Waals surface area contributed by atoms with Crippen molar-refractivity contribution in [1.82, 2.24) is 0 Å². The van der Waals surface area contributed by atoms with Crippen molar-refractivity contribution in [3.63, 3.8) is 0 Å². The van der Waals surface area contributed by atoms with Crippen molar-refractivity contribution in [2.24, 2.45) is 0 Å². The molecule has 0 saturated heterocycles. The van der Waals surface area contributed by atoms with Crippen molar-refractivity contribution in [2.45, 2.75) is 174 Å². The van der Waals surface area contributed by atoms with Gasteiger partial charge in [0.2, 0.25) is 0 Å². The maximum atomic E-state index is 12.8. The lowest BCUT2D eigenvalue weighted by molar-refractivity contribution is -0.887. The summed E-state index contributed by atoms with van der Waals surface area (Å²) in [7, 11) is 5.50. The Bertz CT molecular complexity index is 1450. The number of carboxylic acids is 1. The molecule has 1 N–H and O–H groups in total. The monoisotopic (exact) mass is 889 g/mol. The van der Waals surface area contributed by atoms with Crippen molar-refractivity contribution in [1.29, 1.82) is 0 Å². The standard InChI is InChI=1S/C56H89NO7/c1-6-8-10-12-14-16-18-20-22-24-26-27-28-29-31-33-35-37-39-41-43-45-47-55(59)64-52(50-62-49-48-53(56(60)61)57(3,4)5)51-63-54(58)46-44-42-40-38-36-34-32-30-25-23-21-19-17-15-13-11-9-7-2/h8,10-11,13-17,19-23,25-27,29-32,52-53H,6-7,9,12,18,24,28,33-51H2,1-5H3/p+1/b10-8+,13-11+,16-14+,17-15+,21-19+,22-20+,25-23+,27-26+,31-29+,32-30+. The lowest BCUT2D eigenvalue weighted by Crippen LogP contribution is -2.50. The second-order valence-corrected chi connectivity index (χ2v) is 17.1. The van der Waals surface area contributed by atoms with Gasteiger partial charge >= 0.3 is 17.9 Å². The Hall–Kier alpha value is -4.27. The van der Waals surface area contributed by atoms with Crippen molar-refractivity contribution < 1.29 is 38.2 Å². The van der Waals surface area contributed by atoms with Crippen LogP contribution in [0.3, 0.4) is 0 Å². The summed E-state index contributed by atoms with van der Waals surface area (Å²) >= 11 is 0. The normalized spacial score (nSPS) is 14.0. The molecule has 8 heteroatoms. The van der Waals surface area contributed by atoms with Gasteiger partial charge in [-0.05, 0) is 77.0 Å². The molecular weight excluding hydrogens is 799 g/mol. The zero-order valence-corrected chi connectivity index (χ0v) is 40.9. The molecule has 0 heterocycles. The van der Waals surface area contributed by atoms with E-state index in [-0.39, 0.29) is 36.2 Å². The molecule has 0 aliphatic carbocycles. The first-order chi connectivity index (χ1) is 31.1. The molecule has 0 aromatic heterocycles. The van der Waals surface area contributed by atoms with Gasteiger partial charge in [-0.1, -0.05) is 187 Å². The highest BCUT2D eigenvalue weighted by molar-refractivity contribution is 5.72. The molecule has 2 atom stereocenters. The van der Waals surface area contributed by atoms with Crippen LogP contribution in [-0.2, 0) is 28.6 Å². The first kappa shape index (κ1) is 59.7. The number of aliphatic carboxylic acids is 1. The van der Waals surface area contributed by atoms with Crippen molar-refractivity contribution in [3.05, 3.63) is 122 Å². The molecule has 0 aromatic carbocycles. The SMILES string of the molecule is CC/C=C/C/C=C/C/C=C/C/C=C/C/C=C/CCCCCCCCC(=O)OC(COCCC(C(=O)O)[N+](C)(C)C)COC(=O)CCCCCCC/C=C/C=C/C=C/C=C/C=C/CCC. The highest BCUT2D eigenvalue weighted by Gasteiger charge is 2.31. The Labute approximate surface area is 391 Å². The van der Waals surface area contributed by atoms with Crippen LogP contribution < -0.4 is 0 Å². The number of carbonyl (C=O) groups is 3. The number of unbranched alkanes of at least 4 members (excludes halogenated alkanes) is 12. The number of quaternary nitrogens is 1. The molecule has 64 heavy (non-hydrogen) atoms. The molecular formula is C56H90NO7+. The van der Waals surface area contributed by atoms with E-state index in [1.54, 1.807) is 0 Å². The molecule has 0 amide bonds. The van der Waals surface area contributed by atoms with Crippen LogP contribution in [0.5, 0.6) is 0 Å². The third kappa shape index (κ3) is 43.0. The highest BCUT2D eigenvalue weighted by Crippen LogP contribution is 2.13. The highest BCUT2D eigenvalue weighted by atomic mass is 16.6. The van der Waals surface area contributed by atoms with Gasteiger partial charge in [0.15, 0.2) is 12.1 Å². The molecule has 0 rings (SSSR count). The predicted octanol–water partition coefficient (Wildman–Crippen LogP) is 14.2. The molecule has 360 valence electrons. The van der Waals surface area contributed by atoms with E-state index < -0.39 is 18.1 Å². The summed E-state index contributed by atoms with van der Waals surface area (Å²) in [5.41, 5.74) is 0. The molecule has 0 aliphatic heterocycles. The molecule has 0 aliphatic rings. The molecule has 2 unspecified atom stereocenters. The van der Waals surface area contributed by atoms with Gasteiger partial charge < -0.3 is 23.8 Å². The second-order valence-electron chi connectivity index (χ2n) is 17.1. The number of esters is 2. The predicted molar refractivity (Wildman–Crippen MR) is 270 cm³/mol. The zero-order valence-electron chi connectivity index (χ0n) is 40.9. The quantitative estimate of drug-likeness (QED) is 0.0214. The number of rotatable bonds is 42. The Morgan fingerprint density at radius 1 is 0.500 bits per heavy atom. The van der Waals surface area contributed by atoms with Crippen molar-refractivity contribution >= 4 is 17.9 Å². The Kier molecular flexibility index (Phi) is 42.3. The van der Waals surface area contributed by atoms with Gasteiger partial charge in [-0.3, -0.25) is 9.59 Å². The maximum absolute atomic E-state index is 12.8. The van der Waals surface area contributed by atoms with Crippen LogP contribution in [0, 0.1) is 0 Å². The third-order valence-electron chi connectivity index (χ3n) is 10.2. The van der Waals surface area contributed by atoms with Gasteiger partial charge in [0.05, 0.1) is 34.4 Å². The maximum Gasteiger partial charge on any atom is 0.362 e. The summed E-state index contributed by atoms with van der Waals surface area (Å²) < 4.78 is 17.3. The fourth-order valence-electron chi connectivity index (χ4n) is 6.44. The summed E-state index contributed by atoms with van der Waals surface area (Å²) in [5, 5.41) is 9.65. The van der Waals surface area contributed by atoms with Crippen molar-refractivity contribution in [2.75, 3.05) is 41.0 Å². The summed E-state index contributed by atoms with van der Waals surface area (Å²) in [6.45, 7) is 4.47. The molecule has 0 spiro atoms. The smallest absolute Gasteiger partial charge is 0.362 e. The van der Waals surface area contributed by atoms with Gasteiger partial charge in [-0.25, -0.2) is 4.79 Å². The van der Waals surface area contributed by atoms with Crippen LogP contribution >= 0.6 is 0 Å². The summed E-state index contributed by atoms with van der Waals surface area (Å²) in [4.78, 5) is 37.1. The van der Waals surface area contributed by atoms with Crippen LogP contribution in [0.2, 0.25) is 0 Å². The number of carbonyl (C=O) groups excluding carboxylic acids is 2. The summed E-state index contributed by atoms with van der Waals surface area (Å²) in [6, 6.07) is -0.631. The number of carboxylic acid groups (broad SMARTS) is 1. The first-order valence-electron chi connectivity index (χ1n) is 24.6. The topological polar surface area (TPSA) is 99.1 Å². The minimum atomic E-state index is -0.887. The van der Waals surface area contributed by atoms with Gasteiger partial charge in [-0.2, -0.15) is 0 Å². The lowest BCUT2D eigenvalue weighted by atomic mass is 10.1. The number of hydrogen-bond acceptors (Lipinski definition) is 6. The fourth-order valence-corrected chi connectivity index (χ4v) is 6.44. The second kappa shape index (κ2) is 45.3. The molecule has 0 bridgehead atoms. The molecule has 0 saturated carbocycles. The zero-order chi connectivity index (χ0) is 47.0. The van der Waals surface area contributed by atoms with Crippen LogP contribution in [0.25, 0.3) is 0 Å². The van der Waals surface area contributed by atoms with Crippen molar-refractivity contribution in [3.8, 4) is 0 Å². The number of nitrogens with zero attached hydrogens (tertiary/aromatic N) is 1. The van der Waals surface area contributed by atoms with E-state index in [9.17, 15) is 19.5 Å². The Balaban J connectivity index is 4.39. The van der Waals surface area contributed by atoms with E-state index in [0.717, 1.165) is 109 Å². The average Bonchev–Trinajstić information content (AvgIpc) is 3.26. The largest absolute Gasteiger partial charge is 0.477 e. The molecule has 0 aromatic rings. The van der Waals surface area contributed by atoms with E-state index in [4.69, 9.17) is 14.2 Å². The molecule has 8 nitrogen and oxygen atoms in total. The summed E-state index contributed by atoms with van der Waals surface area (Å²) in [5.74, 6) is -1.54. The Morgan fingerprint density at radius 3 is 1.44 bits per heavy atom. The average molecular weight is 889 g/mol. The number of likely N-dealkylation sites (N-methyl/N-ethyl adjacent to an activating group) is 1. The van der Waals surface area contributed by atoms with Crippen LogP contribution in [0.4, 0.5) is 0 Å². The van der Waals surface area contributed by atoms with Gasteiger partial charge in [0.25, 0.3) is 0 Å². The minimum absolute atomic E-state index is 0.0374. The third-order valence-corrected chi connectivity index (χ3v) is 10.2. The number of ether oxygens (including phenoxy) is 3. The van der Waals surface area contributed by atoms with E-state index in [1.807, 2.05) is 57.6 Å². The van der Waals surface area contributed by atoms with Gasteiger partial charge in [0, 0.05) is 19.3 Å². The van der Waals surface area contributed by atoms with Crippen LogP contribution in [0.15, 0.2) is 122 Å². The lowest BCUT2D eigenvalue weighted by Gasteiger charge is -2.31. The van der Waals surface area contributed by atoms with Crippen LogP contribution in [0.1, 0.15) is 162 Å². The van der Waals surface area contributed by atoms with Crippen LogP contribution in [-0.4, -0.2) is 80.6 Å². The molecule has 0 radical (unpaired) electrons. The van der Waals surface area contributed by atoms with Gasteiger partial charge in [0.1, 0.15) is 6.61 Å².